The molecule has 5 aromatic rings. The summed E-state index contributed by atoms with van der Waals surface area (Å²) in [5.41, 5.74) is 6.32. The maximum atomic E-state index is 13.5. The Bertz CT molecular complexity index is 1690. The van der Waals surface area contributed by atoms with Crippen molar-refractivity contribution in [1.82, 2.24) is 19.9 Å². The van der Waals surface area contributed by atoms with Crippen LogP contribution in [0, 0.1) is 22.7 Å². The Kier molecular flexibility index (Phi) is 5.02. The summed E-state index contributed by atoms with van der Waals surface area (Å²) in [6.45, 7) is 2.12. The van der Waals surface area contributed by atoms with Crippen LogP contribution in [0.15, 0.2) is 72.9 Å². The summed E-state index contributed by atoms with van der Waals surface area (Å²) in [5, 5.41) is 14.2. The minimum Gasteiger partial charge on any atom is -0.361 e. The summed E-state index contributed by atoms with van der Waals surface area (Å²) < 4.78 is 2.18. The number of H-pyrrole nitrogens is 1. The Morgan fingerprint density at radius 3 is 2.59 bits per heavy atom. The topological polar surface area (TPSA) is 86.5 Å². The number of carbonyl (C=O) groups excluding carboxylic acids is 1. The van der Waals surface area contributed by atoms with Gasteiger partial charge in [0.2, 0.25) is 0 Å². The van der Waals surface area contributed by atoms with Crippen LogP contribution in [0.2, 0.25) is 0 Å². The molecule has 1 saturated heterocycles. The molecule has 1 aliphatic heterocycles. The number of ketones is 1. The van der Waals surface area contributed by atoms with Gasteiger partial charge in [0.05, 0.1) is 28.1 Å². The minimum atomic E-state index is -0.433. The van der Waals surface area contributed by atoms with E-state index in [1.165, 1.54) is 5.39 Å². The number of imidazole rings is 1. The van der Waals surface area contributed by atoms with Crippen LogP contribution in [0.25, 0.3) is 44.5 Å². The fourth-order valence-corrected chi connectivity index (χ4v) is 5.86. The van der Waals surface area contributed by atoms with Crippen LogP contribution < -0.4 is 5.32 Å². The summed E-state index contributed by atoms with van der Waals surface area (Å²) in [6.07, 6.45) is 4.80. The maximum Gasteiger partial charge on any atom is 0.145 e. The van der Waals surface area contributed by atoms with E-state index in [4.69, 9.17) is 4.98 Å². The predicted octanol–water partition coefficient (Wildman–Crippen LogP) is 5.68. The van der Waals surface area contributed by atoms with Gasteiger partial charge in [0.25, 0.3) is 0 Å². The van der Waals surface area contributed by atoms with Gasteiger partial charge in [-0.2, -0.15) is 5.26 Å². The molecular weight excluding hydrogens is 458 g/mol. The zero-order valence-corrected chi connectivity index (χ0v) is 20.5. The van der Waals surface area contributed by atoms with E-state index in [0.29, 0.717) is 24.4 Å². The number of nitrogens with one attached hydrogen (secondary N) is 2. The van der Waals surface area contributed by atoms with Crippen molar-refractivity contribution in [1.29, 1.82) is 5.26 Å². The third-order valence-corrected chi connectivity index (χ3v) is 8.08. The number of nitriles is 1. The predicted molar refractivity (Wildman–Crippen MR) is 145 cm³/mol. The van der Waals surface area contributed by atoms with Crippen molar-refractivity contribution in [2.24, 2.45) is 11.3 Å². The Hall–Kier alpha value is -4.21. The molecule has 37 heavy (non-hydrogen) atoms. The number of nitrogens with zero attached hydrogens (tertiary/aromatic N) is 3. The molecule has 2 N–H and O–H groups in total. The molecule has 2 aliphatic rings. The highest BCUT2D eigenvalue weighted by atomic mass is 16.1. The molecule has 7 rings (SSSR count). The molecule has 0 unspecified atom stereocenters. The van der Waals surface area contributed by atoms with E-state index in [1.807, 2.05) is 24.4 Å². The average Bonchev–Trinajstić information content (AvgIpc) is 3.33. The molecule has 0 bridgehead atoms. The standard InChI is InChI=1S/C31H27N5O/c32-17-20-1-10-26-28(15-20)36(19-31(12-14-33-18-31)29(37)23-5-6-23)30(35-26)24-7-2-21(3-8-24)25-9-4-22-11-13-34-27(22)16-25/h1-4,7-11,13,15-16,23,33-34H,5-6,12,14,18-19H2/t31-/m0/s1. The van der Waals surface area contributed by atoms with E-state index in [-0.39, 0.29) is 5.92 Å². The van der Waals surface area contributed by atoms with Crippen LogP contribution in [-0.2, 0) is 11.3 Å². The van der Waals surface area contributed by atoms with E-state index in [2.05, 4.69) is 69.5 Å². The molecule has 2 aromatic heterocycles. The van der Waals surface area contributed by atoms with Crippen molar-refractivity contribution in [3.05, 3.63) is 78.5 Å². The Morgan fingerprint density at radius 2 is 1.84 bits per heavy atom. The molecule has 0 spiro atoms. The molecule has 6 nitrogen and oxygen atoms in total. The third-order valence-electron chi connectivity index (χ3n) is 8.08. The van der Waals surface area contributed by atoms with Crippen LogP contribution in [0.3, 0.4) is 0 Å². The lowest BCUT2D eigenvalue weighted by Crippen LogP contribution is -2.39. The van der Waals surface area contributed by atoms with Crippen LogP contribution >= 0.6 is 0 Å². The Morgan fingerprint density at radius 1 is 1.03 bits per heavy atom. The number of fused-ring (bicyclic) bond motifs is 2. The van der Waals surface area contributed by atoms with Crippen LogP contribution in [-0.4, -0.2) is 33.4 Å². The molecule has 1 aliphatic carbocycles. The second kappa shape index (κ2) is 8.43. The number of benzene rings is 3. The van der Waals surface area contributed by atoms with Gasteiger partial charge in [-0.3, -0.25) is 4.79 Å². The van der Waals surface area contributed by atoms with Gasteiger partial charge in [0.15, 0.2) is 0 Å². The van der Waals surface area contributed by atoms with Crippen LogP contribution in [0.5, 0.6) is 0 Å². The summed E-state index contributed by atoms with van der Waals surface area (Å²) in [4.78, 5) is 21.8. The first-order valence-electron chi connectivity index (χ1n) is 13.0. The zero-order chi connectivity index (χ0) is 25.0. The first kappa shape index (κ1) is 22.0. The lowest BCUT2D eigenvalue weighted by Gasteiger charge is -2.28. The summed E-state index contributed by atoms with van der Waals surface area (Å²) in [7, 11) is 0. The summed E-state index contributed by atoms with van der Waals surface area (Å²) in [5.74, 6) is 1.42. The SMILES string of the molecule is N#Cc1ccc2nc(-c3ccc(-c4ccc5cc[nH]c5c4)cc3)n(C[C@]3(C(=O)C4CC4)CCNC3)c2c1. The number of aromatic amines is 1. The smallest absolute Gasteiger partial charge is 0.145 e. The molecular formula is C31H27N5O. The lowest BCUT2D eigenvalue weighted by atomic mass is 9.80. The fourth-order valence-electron chi connectivity index (χ4n) is 5.86. The molecule has 2 fully saturated rings. The average molecular weight is 486 g/mol. The van der Waals surface area contributed by atoms with Gasteiger partial charge >= 0.3 is 0 Å². The van der Waals surface area contributed by atoms with Gasteiger partial charge in [0.1, 0.15) is 11.6 Å². The number of hydrogen-bond acceptors (Lipinski definition) is 4. The largest absolute Gasteiger partial charge is 0.361 e. The number of rotatable bonds is 6. The molecule has 0 radical (unpaired) electrons. The number of carbonyl (C=O) groups is 1. The van der Waals surface area contributed by atoms with Crippen molar-refractivity contribution < 1.29 is 4.79 Å². The van der Waals surface area contributed by atoms with Crippen LogP contribution in [0.4, 0.5) is 0 Å². The first-order valence-corrected chi connectivity index (χ1v) is 13.0. The molecule has 0 amide bonds. The molecule has 1 atom stereocenters. The monoisotopic (exact) mass is 485 g/mol. The van der Waals surface area contributed by atoms with Gasteiger partial charge in [-0.1, -0.05) is 36.4 Å². The Labute approximate surface area is 214 Å². The normalized spacial score (nSPS) is 19.4. The molecule has 6 heteroatoms. The van der Waals surface area contributed by atoms with Crippen molar-refractivity contribution in [3.63, 3.8) is 0 Å². The third kappa shape index (κ3) is 3.75. The number of aromatic nitrogens is 3. The van der Waals surface area contributed by atoms with Crippen molar-refractivity contribution in [2.45, 2.75) is 25.8 Å². The summed E-state index contributed by atoms with van der Waals surface area (Å²) >= 11 is 0. The Balaban J connectivity index is 1.32. The second-order valence-electron chi connectivity index (χ2n) is 10.5. The number of Topliss-reactive ketones (excluding diaryl/α,β-unsaturated/α-hetero) is 1. The van der Waals surface area contributed by atoms with Crippen molar-refractivity contribution >= 4 is 27.7 Å². The molecule has 3 heterocycles. The second-order valence-corrected chi connectivity index (χ2v) is 10.5. The van der Waals surface area contributed by atoms with E-state index >= 15 is 0 Å². The maximum absolute atomic E-state index is 13.5. The van der Waals surface area contributed by atoms with Gasteiger partial charge in [-0.25, -0.2) is 4.98 Å². The van der Waals surface area contributed by atoms with E-state index in [1.54, 1.807) is 0 Å². The molecule has 182 valence electrons. The van der Waals surface area contributed by atoms with Crippen LogP contribution in [0.1, 0.15) is 24.8 Å². The van der Waals surface area contributed by atoms with E-state index in [9.17, 15) is 10.1 Å². The first-order chi connectivity index (χ1) is 18.1. The van der Waals surface area contributed by atoms with Gasteiger partial charge in [-0.05, 0) is 72.7 Å². The highest BCUT2D eigenvalue weighted by Crippen LogP contribution is 2.42. The lowest BCUT2D eigenvalue weighted by molar-refractivity contribution is -0.129. The van der Waals surface area contributed by atoms with Crippen molar-refractivity contribution in [3.8, 4) is 28.6 Å². The minimum absolute atomic E-state index is 0.198. The number of hydrogen-bond donors (Lipinski definition) is 2. The highest BCUT2D eigenvalue weighted by Gasteiger charge is 2.48. The van der Waals surface area contributed by atoms with E-state index < -0.39 is 5.41 Å². The van der Waals surface area contributed by atoms with E-state index in [0.717, 1.165) is 64.9 Å². The van der Waals surface area contributed by atoms with Gasteiger partial charge in [0, 0.05) is 36.3 Å². The highest BCUT2D eigenvalue weighted by molar-refractivity contribution is 5.90. The zero-order valence-electron chi connectivity index (χ0n) is 20.5. The quantitative estimate of drug-likeness (QED) is 0.324. The molecule has 1 saturated carbocycles. The van der Waals surface area contributed by atoms with Crippen molar-refractivity contribution in [2.75, 3.05) is 13.1 Å². The summed E-state index contributed by atoms with van der Waals surface area (Å²) in [6, 6.07) is 24.9. The fraction of sp³-hybridized carbons (Fsp3) is 0.258. The van der Waals surface area contributed by atoms with Gasteiger partial charge in [-0.15, -0.1) is 0 Å². The molecule has 3 aromatic carbocycles. The van der Waals surface area contributed by atoms with Gasteiger partial charge < -0.3 is 14.9 Å².